The molecular formula is C31H30N4O4S. The van der Waals surface area contributed by atoms with E-state index in [0.29, 0.717) is 27.6 Å². The lowest BCUT2D eigenvalue weighted by atomic mass is 9.82. The maximum Gasteiger partial charge on any atom is 0.254 e. The van der Waals surface area contributed by atoms with Gasteiger partial charge in [0.05, 0.1) is 35.5 Å². The van der Waals surface area contributed by atoms with Crippen LogP contribution in [0, 0.1) is 25.2 Å². The van der Waals surface area contributed by atoms with Gasteiger partial charge < -0.3 is 25.8 Å². The summed E-state index contributed by atoms with van der Waals surface area (Å²) in [5.41, 5.74) is 5.16. The molecule has 4 rings (SSSR count). The third-order valence-corrected chi connectivity index (χ3v) is 7.70. The number of ether oxygens (including phenoxy) is 1. The van der Waals surface area contributed by atoms with Crippen LogP contribution < -0.4 is 20.7 Å². The summed E-state index contributed by atoms with van der Waals surface area (Å²) in [7, 11) is 1.43. The largest absolute Gasteiger partial charge is 0.504 e. The number of thioether (sulfide) groups is 1. The molecular weight excluding hydrogens is 524 g/mol. The number of phenols is 1. The van der Waals surface area contributed by atoms with Gasteiger partial charge in [0.2, 0.25) is 5.91 Å². The molecule has 204 valence electrons. The first-order chi connectivity index (χ1) is 19.2. The summed E-state index contributed by atoms with van der Waals surface area (Å²) in [6.45, 7) is 5.69. The summed E-state index contributed by atoms with van der Waals surface area (Å²) in [6.07, 6.45) is 0. The number of hydrogen-bond donors (Lipinski definition) is 4. The van der Waals surface area contributed by atoms with Gasteiger partial charge in [-0.05, 0) is 67.8 Å². The number of aromatic hydroxyl groups is 1. The van der Waals surface area contributed by atoms with Crippen molar-refractivity contribution in [2.24, 2.45) is 0 Å². The Bertz CT molecular complexity index is 1560. The Hall–Kier alpha value is -4.68. The second-order valence-corrected chi connectivity index (χ2v) is 10.3. The van der Waals surface area contributed by atoms with Crippen LogP contribution >= 0.6 is 11.8 Å². The normalized spacial score (nSPS) is 14.7. The minimum absolute atomic E-state index is 0.0470. The number of anilines is 2. The number of phenolic OH excluding ortho intramolecular Hbond substituents is 1. The standard InChI is InChI=1S/C31H30N4O4S/c1-18-9-8-12-24(19(18)2)35-27(37)17-40-31-23(16-32)29(21-13-14-25(36)26(15-21)39-4)28(20(3)33-31)30(38)34-22-10-6-5-7-11-22/h5-15,29,33,36H,17H2,1-4H3,(H,34,38)(H,35,37). The second-order valence-electron chi connectivity index (χ2n) is 9.29. The van der Waals surface area contributed by atoms with E-state index in [-0.39, 0.29) is 34.6 Å². The Labute approximate surface area is 237 Å². The van der Waals surface area contributed by atoms with Gasteiger partial charge in [-0.25, -0.2) is 0 Å². The Balaban J connectivity index is 1.67. The zero-order valence-corrected chi connectivity index (χ0v) is 23.5. The van der Waals surface area contributed by atoms with Gasteiger partial charge in [-0.3, -0.25) is 9.59 Å². The molecule has 1 aliphatic rings. The summed E-state index contributed by atoms with van der Waals surface area (Å²) in [4.78, 5) is 26.4. The molecule has 0 saturated carbocycles. The minimum Gasteiger partial charge on any atom is -0.504 e. The number of aryl methyl sites for hydroxylation is 1. The number of benzene rings is 3. The number of amides is 2. The maximum atomic E-state index is 13.6. The number of dihydropyridines is 1. The van der Waals surface area contributed by atoms with Crippen LogP contribution in [0.1, 0.15) is 29.5 Å². The number of allylic oxidation sites excluding steroid dienone is 2. The molecule has 3 aromatic carbocycles. The summed E-state index contributed by atoms with van der Waals surface area (Å²) in [5, 5.41) is 30.0. The summed E-state index contributed by atoms with van der Waals surface area (Å²) in [5.74, 6) is -1.16. The number of para-hydroxylation sites is 1. The highest BCUT2D eigenvalue weighted by Crippen LogP contribution is 2.43. The predicted octanol–water partition coefficient (Wildman–Crippen LogP) is 5.72. The van der Waals surface area contributed by atoms with Crippen LogP contribution in [-0.4, -0.2) is 29.8 Å². The van der Waals surface area contributed by atoms with Gasteiger partial charge in [-0.15, -0.1) is 0 Å². The van der Waals surface area contributed by atoms with Crippen LogP contribution in [0.4, 0.5) is 11.4 Å². The second kappa shape index (κ2) is 12.5. The van der Waals surface area contributed by atoms with E-state index in [1.165, 1.54) is 24.9 Å². The molecule has 0 fully saturated rings. The van der Waals surface area contributed by atoms with Gasteiger partial charge in [-0.1, -0.05) is 48.2 Å². The number of methoxy groups -OCH3 is 1. The average molecular weight is 555 g/mol. The monoisotopic (exact) mass is 554 g/mol. The van der Waals surface area contributed by atoms with Gasteiger partial charge in [0.1, 0.15) is 0 Å². The van der Waals surface area contributed by atoms with Crippen molar-refractivity contribution in [2.75, 3.05) is 23.5 Å². The molecule has 0 aliphatic carbocycles. The highest BCUT2D eigenvalue weighted by atomic mass is 32.2. The third kappa shape index (κ3) is 6.14. The number of carbonyl (C=O) groups excluding carboxylic acids is 2. The molecule has 40 heavy (non-hydrogen) atoms. The number of rotatable bonds is 8. The SMILES string of the molecule is COc1cc(C2C(C#N)=C(SCC(=O)Nc3cccc(C)c3C)NC(C)=C2C(=O)Nc2ccccc2)ccc1O. The number of nitrogens with zero attached hydrogens (tertiary/aromatic N) is 1. The summed E-state index contributed by atoms with van der Waals surface area (Å²) >= 11 is 1.19. The molecule has 3 aromatic rings. The highest BCUT2D eigenvalue weighted by molar-refractivity contribution is 8.03. The molecule has 1 atom stereocenters. The van der Waals surface area contributed by atoms with Crippen LogP contribution in [0.25, 0.3) is 0 Å². The van der Waals surface area contributed by atoms with Crippen molar-refractivity contribution in [1.29, 1.82) is 5.26 Å². The van der Waals surface area contributed by atoms with E-state index >= 15 is 0 Å². The number of carbonyl (C=O) groups is 2. The number of nitriles is 1. The first kappa shape index (κ1) is 28.3. The number of nitrogens with one attached hydrogen (secondary N) is 3. The molecule has 1 aliphatic heterocycles. The van der Waals surface area contributed by atoms with E-state index in [0.717, 1.165) is 16.8 Å². The van der Waals surface area contributed by atoms with Gasteiger partial charge in [0.15, 0.2) is 11.5 Å². The van der Waals surface area contributed by atoms with E-state index < -0.39 is 5.92 Å². The van der Waals surface area contributed by atoms with Gasteiger partial charge in [0, 0.05) is 22.6 Å². The van der Waals surface area contributed by atoms with Crippen molar-refractivity contribution in [3.63, 3.8) is 0 Å². The van der Waals surface area contributed by atoms with Crippen LogP contribution in [0.2, 0.25) is 0 Å². The van der Waals surface area contributed by atoms with E-state index in [4.69, 9.17) is 4.74 Å². The lowest BCUT2D eigenvalue weighted by Gasteiger charge is -2.30. The molecule has 0 radical (unpaired) electrons. The Morgan fingerprint density at radius 2 is 1.80 bits per heavy atom. The fourth-order valence-electron chi connectivity index (χ4n) is 4.46. The van der Waals surface area contributed by atoms with E-state index in [1.807, 2.05) is 50.2 Å². The van der Waals surface area contributed by atoms with Crippen molar-refractivity contribution in [2.45, 2.75) is 26.7 Å². The molecule has 0 bridgehead atoms. The van der Waals surface area contributed by atoms with Gasteiger partial charge >= 0.3 is 0 Å². The molecule has 1 unspecified atom stereocenters. The molecule has 0 saturated heterocycles. The molecule has 2 amide bonds. The van der Waals surface area contributed by atoms with Crippen molar-refractivity contribution < 1.29 is 19.4 Å². The number of hydrogen-bond acceptors (Lipinski definition) is 7. The molecule has 0 aromatic heterocycles. The van der Waals surface area contributed by atoms with Crippen molar-refractivity contribution in [3.05, 3.63) is 105 Å². The minimum atomic E-state index is -0.769. The Morgan fingerprint density at radius 3 is 2.50 bits per heavy atom. The third-order valence-electron chi connectivity index (χ3n) is 6.69. The summed E-state index contributed by atoms with van der Waals surface area (Å²) in [6, 6.07) is 21.8. The molecule has 0 spiro atoms. The quantitative estimate of drug-likeness (QED) is 0.281. The van der Waals surface area contributed by atoms with Crippen molar-refractivity contribution >= 4 is 35.0 Å². The lowest BCUT2D eigenvalue weighted by molar-refractivity contribution is -0.114. The van der Waals surface area contributed by atoms with E-state index in [9.17, 15) is 20.0 Å². The highest BCUT2D eigenvalue weighted by Gasteiger charge is 2.35. The Kier molecular flexibility index (Phi) is 8.82. The van der Waals surface area contributed by atoms with Crippen LogP contribution in [-0.2, 0) is 9.59 Å². The average Bonchev–Trinajstić information content (AvgIpc) is 2.94. The zero-order chi connectivity index (χ0) is 28.8. The first-order valence-corrected chi connectivity index (χ1v) is 13.6. The van der Waals surface area contributed by atoms with E-state index in [1.54, 1.807) is 31.2 Å². The zero-order valence-electron chi connectivity index (χ0n) is 22.7. The van der Waals surface area contributed by atoms with Crippen LogP contribution in [0.3, 0.4) is 0 Å². The fourth-order valence-corrected chi connectivity index (χ4v) is 5.36. The Morgan fingerprint density at radius 1 is 1.05 bits per heavy atom. The summed E-state index contributed by atoms with van der Waals surface area (Å²) < 4.78 is 5.30. The van der Waals surface area contributed by atoms with Crippen LogP contribution in [0.5, 0.6) is 11.5 Å². The fraction of sp³-hybridized carbons (Fsp3) is 0.194. The molecule has 9 heteroatoms. The van der Waals surface area contributed by atoms with E-state index in [2.05, 4.69) is 22.0 Å². The van der Waals surface area contributed by atoms with Crippen LogP contribution in [0.15, 0.2) is 88.6 Å². The first-order valence-electron chi connectivity index (χ1n) is 12.6. The molecule has 1 heterocycles. The van der Waals surface area contributed by atoms with Crippen molar-refractivity contribution in [3.8, 4) is 17.6 Å². The molecule has 8 nitrogen and oxygen atoms in total. The maximum absolute atomic E-state index is 13.6. The van der Waals surface area contributed by atoms with Crippen molar-refractivity contribution in [1.82, 2.24) is 5.32 Å². The van der Waals surface area contributed by atoms with Gasteiger partial charge in [-0.2, -0.15) is 5.26 Å². The smallest absolute Gasteiger partial charge is 0.254 e. The molecule has 4 N–H and O–H groups in total. The van der Waals surface area contributed by atoms with Gasteiger partial charge in [0.25, 0.3) is 5.91 Å². The lowest BCUT2D eigenvalue weighted by Crippen LogP contribution is -2.31. The topological polar surface area (TPSA) is 123 Å². The predicted molar refractivity (Wildman–Crippen MR) is 158 cm³/mol.